The molecule has 0 bridgehead atoms. The van der Waals surface area contributed by atoms with Gasteiger partial charge in [-0.2, -0.15) is 8.42 Å². The quantitative estimate of drug-likeness (QED) is 0.442. The second-order valence-electron chi connectivity index (χ2n) is 0.733. The van der Waals surface area contributed by atoms with Crippen molar-refractivity contribution < 1.29 is 13.0 Å². The first-order valence-corrected chi connectivity index (χ1v) is 2.77. The summed E-state index contributed by atoms with van der Waals surface area (Å²) in [6, 6.07) is 0. The minimum atomic E-state index is -3.67. The van der Waals surface area contributed by atoms with Crippen molar-refractivity contribution in [2.45, 2.75) is 0 Å². The average molecular weight is 305 g/mol. The maximum absolute atomic E-state index is 9.19. The van der Waals surface area contributed by atoms with E-state index in [1.165, 1.54) is 0 Å². The molecule has 0 aromatic heterocycles. The molecule has 2 radical (unpaired) electrons. The van der Waals surface area contributed by atoms with E-state index in [1.54, 1.807) is 0 Å². The Kier molecular flexibility index (Phi) is 4.84. The van der Waals surface area contributed by atoms with Gasteiger partial charge in [0.05, 0.1) is 6.26 Å². The molecule has 0 aliphatic carbocycles. The molecule has 0 aliphatic heterocycles. The van der Waals surface area contributed by atoms with Crippen molar-refractivity contribution in [3.8, 4) is 0 Å². The summed E-state index contributed by atoms with van der Waals surface area (Å²) in [6.07, 6.45) is 0.715. The summed E-state index contributed by atoms with van der Waals surface area (Å²) in [5, 5.41) is 0. The Balaban J connectivity index is 0. The second-order valence-corrected chi connectivity index (χ2v) is 2.20. The van der Waals surface area contributed by atoms with E-state index in [0.29, 0.717) is 6.26 Å². The molecule has 0 amide bonds. The van der Waals surface area contributed by atoms with Gasteiger partial charge < -0.3 is 0 Å². The topological polar surface area (TPSA) is 54.4 Å². The molecule has 0 unspecified atom stereocenters. The van der Waals surface area contributed by atoms with Crippen molar-refractivity contribution in [1.82, 2.24) is 0 Å². The van der Waals surface area contributed by atoms with Crippen LogP contribution in [-0.2, 0) is 10.1 Å². The summed E-state index contributed by atoms with van der Waals surface area (Å²) in [6.45, 7) is 0. The third-order valence-electron chi connectivity index (χ3n) is 0. The molecule has 0 spiro atoms. The fraction of sp³-hybridized carbons (Fsp3) is 1.00. The predicted octanol–water partition coefficient (Wildman–Crippen LogP) is -1.41. The summed E-state index contributed by atoms with van der Waals surface area (Å²) in [4.78, 5) is 0. The molecular weight excluding hydrogens is 299 g/mol. The van der Waals surface area contributed by atoms with Crippen molar-refractivity contribution in [3.05, 3.63) is 0 Å². The fourth-order valence-electron chi connectivity index (χ4n) is 0. The molecule has 0 aromatic carbocycles. The van der Waals surface area contributed by atoms with Crippen molar-refractivity contribution >= 4 is 37.4 Å². The van der Waals surface area contributed by atoms with Crippen LogP contribution in [0, 0.1) is 0 Å². The molecule has 0 atom stereocenters. The van der Waals surface area contributed by atoms with Gasteiger partial charge in [-0.25, -0.2) is 0 Å². The zero-order valence-corrected chi connectivity index (χ0v) is 9.69. The van der Waals surface area contributed by atoms with Crippen LogP contribution in [0.1, 0.15) is 0 Å². The van der Waals surface area contributed by atoms with E-state index in [2.05, 4.69) is 0 Å². The molecular formula is CH6O3PbS. The van der Waals surface area contributed by atoms with Gasteiger partial charge in [0.1, 0.15) is 0 Å². The van der Waals surface area contributed by atoms with Crippen LogP contribution in [0.25, 0.3) is 0 Å². The van der Waals surface area contributed by atoms with Gasteiger partial charge in [-0.15, -0.1) is 0 Å². The Morgan fingerprint density at radius 1 is 1.50 bits per heavy atom. The molecule has 5 heteroatoms. The van der Waals surface area contributed by atoms with Gasteiger partial charge in [-0.05, 0) is 0 Å². The van der Waals surface area contributed by atoms with Crippen molar-refractivity contribution in [2.24, 2.45) is 0 Å². The molecule has 38 valence electrons. The molecule has 0 saturated carbocycles. The summed E-state index contributed by atoms with van der Waals surface area (Å²) < 4.78 is 25.9. The monoisotopic (exact) mass is 306 g/mol. The van der Waals surface area contributed by atoms with Gasteiger partial charge in [-0.3, -0.25) is 4.55 Å². The van der Waals surface area contributed by atoms with E-state index >= 15 is 0 Å². The SMILES string of the molecule is CS(=O)(=O)O.[PbH2]. The van der Waals surface area contributed by atoms with Crippen molar-refractivity contribution in [3.63, 3.8) is 0 Å². The maximum atomic E-state index is 9.19. The van der Waals surface area contributed by atoms with Gasteiger partial charge in [0.2, 0.25) is 0 Å². The van der Waals surface area contributed by atoms with Crippen LogP contribution in [-0.4, -0.2) is 46.5 Å². The summed E-state index contributed by atoms with van der Waals surface area (Å²) in [5.41, 5.74) is 0. The molecule has 1 N–H and O–H groups in total. The van der Waals surface area contributed by atoms with E-state index < -0.39 is 10.1 Å². The van der Waals surface area contributed by atoms with Crippen LogP contribution in [0.15, 0.2) is 0 Å². The van der Waals surface area contributed by atoms with Gasteiger partial charge in [0.25, 0.3) is 10.1 Å². The second kappa shape index (κ2) is 2.92. The molecule has 0 rings (SSSR count). The number of hydrogen-bond donors (Lipinski definition) is 1. The average Bonchev–Trinajstić information content (AvgIpc) is 0.722. The zero-order chi connectivity index (χ0) is 4.50. The predicted molar refractivity (Wildman–Crippen MR) is 26.0 cm³/mol. The van der Waals surface area contributed by atoms with E-state index in [0.717, 1.165) is 0 Å². The van der Waals surface area contributed by atoms with Crippen LogP contribution in [0.5, 0.6) is 0 Å². The normalized spacial score (nSPS) is 9.67. The molecule has 0 fully saturated rings. The summed E-state index contributed by atoms with van der Waals surface area (Å²) in [7, 11) is -3.67. The molecule has 3 nitrogen and oxygen atoms in total. The molecule has 0 heterocycles. The standard InChI is InChI=1S/CH4O3S.Pb.2H/c1-5(2,3)4;;;/h1H3,(H,2,3,4);;;. The number of rotatable bonds is 0. The Hall–Kier alpha value is 0.832. The molecule has 6 heavy (non-hydrogen) atoms. The Morgan fingerprint density at radius 2 is 1.50 bits per heavy atom. The molecule has 0 aromatic rings. The summed E-state index contributed by atoms with van der Waals surface area (Å²) in [5.74, 6) is 0. The van der Waals surface area contributed by atoms with Gasteiger partial charge in [0.15, 0.2) is 0 Å². The van der Waals surface area contributed by atoms with Crippen molar-refractivity contribution in [1.29, 1.82) is 0 Å². The Labute approximate surface area is 56.7 Å². The Bertz CT molecular complexity index is 94.0. The first kappa shape index (κ1) is 9.95. The first-order chi connectivity index (χ1) is 2.00. The third-order valence-corrected chi connectivity index (χ3v) is 0. The third kappa shape index (κ3) is 102. The van der Waals surface area contributed by atoms with Gasteiger partial charge in [0, 0.05) is 0 Å². The Morgan fingerprint density at radius 3 is 1.50 bits per heavy atom. The minimum absolute atomic E-state index is 0. The van der Waals surface area contributed by atoms with Crippen LogP contribution in [0.3, 0.4) is 0 Å². The number of hydrogen-bond acceptors (Lipinski definition) is 2. The fourth-order valence-corrected chi connectivity index (χ4v) is 0. The van der Waals surface area contributed by atoms with Crippen LogP contribution < -0.4 is 0 Å². The summed E-state index contributed by atoms with van der Waals surface area (Å²) >= 11 is 0. The van der Waals surface area contributed by atoms with E-state index in [9.17, 15) is 8.42 Å². The van der Waals surface area contributed by atoms with Crippen LogP contribution in [0.4, 0.5) is 0 Å². The van der Waals surface area contributed by atoms with Crippen LogP contribution >= 0.6 is 0 Å². The zero-order valence-electron chi connectivity index (χ0n) is 3.38. The van der Waals surface area contributed by atoms with Crippen molar-refractivity contribution in [2.75, 3.05) is 6.26 Å². The van der Waals surface area contributed by atoms with E-state index in [-0.39, 0.29) is 27.3 Å². The first-order valence-electron chi connectivity index (χ1n) is 0.924. The van der Waals surface area contributed by atoms with E-state index in [1.807, 2.05) is 0 Å². The van der Waals surface area contributed by atoms with Gasteiger partial charge >= 0.3 is 27.3 Å². The van der Waals surface area contributed by atoms with Gasteiger partial charge in [-0.1, -0.05) is 0 Å². The van der Waals surface area contributed by atoms with E-state index in [4.69, 9.17) is 4.55 Å². The molecule has 0 saturated heterocycles. The molecule has 0 aliphatic rings. The van der Waals surface area contributed by atoms with Crippen LogP contribution in [0.2, 0.25) is 0 Å².